The van der Waals surface area contributed by atoms with Gasteiger partial charge in [0.25, 0.3) is 0 Å². The lowest BCUT2D eigenvalue weighted by Crippen LogP contribution is -2.31. The maximum Gasteiger partial charge on any atom is 0.220 e. The Hall–Kier alpha value is -1.80. The summed E-state index contributed by atoms with van der Waals surface area (Å²) < 4.78 is 0. The zero-order chi connectivity index (χ0) is 15.4. The minimum atomic E-state index is 0.0987. The Kier molecular flexibility index (Phi) is 4.79. The Morgan fingerprint density at radius 3 is 2.77 bits per heavy atom. The maximum absolute atomic E-state index is 12.3. The topological polar surface area (TPSA) is 29.1 Å². The lowest BCUT2D eigenvalue weighted by molar-refractivity contribution is -0.121. The van der Waals surface area contributed by atoms with E-state index in [1.54, 1.807) is 0 Å². The molecule has 0 heterocycles. The molecule has 1 aliphatic rings. The first-order valence-electron chi connectivity index (χ1n) is 7.84. The lowest BCUT2D eigenvalue weighted by Gasteiger charge is -2.26. The van der Waals surface area contributed by atoms with Crippen molar-refractivity contribution in [3.8, 4) is 0 Å². The van der Waals surface area contributed by atoms with Crippen molar-refractivity contribution in [2.45, 2.75) is 38.1 Å². The fourth-order valence-electron chi connectivity index (χ4n) is 3.12. The minimum Gasteiger partial charge on any atom is -0.349 e. The van der Waals surface area contributed by atoms with Gasteiger partial charge in [0, 0.05) is 11.4 Å². The summed E-state index contributed by atoms with van der Waals surface area (Å²) in [6.07, 6.45) is 4.42. The van der Waals surface area contributed by atoms with Crippen LogP contribution in [0.5, 0.6) is 0 Å². The third-order valence-electron chi connectivity index (χ3n) is 4.28. The highest BCUT2D eigenvalue weighted by Gasteiger charge is 2.21. The van der Waals surface area contributed by atoms with Crippen LogP contribution in [0.2, 0.25) is 5.02 Å². The summed E-state index contributed by atoms with van der Waals surface area (Å²) in [5, 5.41) is 3.92. The van der Waals surface area contributed by atoms with Crippen LogP contribution in [0.25, 0.3) is 0 Å². The van der Waals surface area contributed by atoms with Gasteiger partial charge in [-0.05, 0) is 48.4 Å². The molecule has 1 aliphatic carbocycles. The Bertz CT molecular complexity index is 668. The van der Waals surface area contributed by atoms with Crippen LogP contribution in [0, 0.1) is 0 Å². The highest BCUT2D eigenvalue weighted by Crippen LogP contribution is 2.29. The largest absolute Gasteiger partial charge is 0.349 e. The van der Waals surface area contributed by atoms with Gasteiger partial charge in [-0.15, -0.1) is 0 Å². The molecular weight excluding hydrogens is 294 g/mol. The number of aryl methyl sites for hydroxylation is 2. The van der Waals surface area contributed by atoms with E-state index in [0.29, 0.717) is 12.8 Å². The highest BCUT2D eigenvalue weighted by atomic mass is 35.5. The second-order valence-corrected chi connectivity index (χ2v) is 6.21. The standard InChI is InChI=1S/C19H20ClNO/c20-17-10-4-2-7-15(17)12-13-19(22)21-18-11-5-8-14-6-1-3-9-16(14)18/h1-4,6-7,9-10,18H,5,8,11-13H2,(H,21,22). The number of fused-ring (bicyclic) bond motifs is 1. The summed E-state index contributed by atoms with van der Waals surface area (Å²) in [6.45, 7) is 0. The number of rotatable bonds is 4. The monoisotopic (exact) mass is 313 g/mol. The summed E-state index contributed by atoms with van der Waals surface area (Å²) in [5.41, 5.74) is 3.67. The quantitative estimate of drug-likeness (QED) is 0.886. The van der Waals surface area contributed by atoms with Crippen molar-refractivity contribution in [1.29, 1.82) is 0 Å². The molecule has 0 aromatic heterocycles. The first-order chi connectivity index (χ1) is 10.7. The lowest BCUT2D eigenvalue weighted by atomic mass is 9.87. The van der Waals surface area contributed by atoms with Crippen LogP contribution in [0.15, 0.2) is 48.5 Å². The predicted molar refractivity (Wildman–Crippen MR) is 90.0 cm³/mol. The second-order valence-electron chi connectivity index (χ2n) is 5.80. The van der Waals surface area contributed by atoms with Crippen molar-refractivity contribution in [2.24, 2.45) is 0 Å². The maximum atomic E-state index is 12.3. The number of hydrogen-bond acceptors (Lipinski definition) is 1. The van der Waals surface area contributed by atoms with Crippen LogP contribution in [-0.2, 0) is 17.6 Å². The molecule has 2 nitrogen and oxygen atoms in total. The molecule has 22 heavy (non-hydrogen) atoms. The van der Waals surface area contributed by atoms with E-state index in [4.69, 9.17) is 11.6 Å². The molecule has 1 atom stereocenters. The van der Waals surface area contributed by atoms with Gasteiger partial charge in [0.15, 0.2) is 0 Å². The molecule has 0 fully saturated rings. The van der Waals surface area contributed by atoms with Crippen LogP contribution in [-0.4, -0.2) is 5.91 Å². The molecule has 0 saturated heterocycles. The normalized spacial score (nSPS) is 16.9. The summed E-state index contributed by atoms with van der Waals surface area (Å²) >= 11 is 6.13. The average molecular weight is 314 g/mol. The zero-order valence-electron chi connectivity index (χ0n) is 12.5. The van der Waals surface area contributed by atoms with Crippen molar-refractivity contribution < 1.29 is 4.79 Å². The molecule has 114 valence electrons. The predicted octanol–water partition coefficient (Wildman–Crippen LogP) is 4.47. The van der Waals surface area contributed by atoms with Gasteiger partial charge in [0.05, 0.1) is 6.04 Å². The summed E-state index contributed by atoms with van der Waals surface area (Å²) in [5.74, 6) is 0.0987. The molecule has 0 bridgehead atoms. The molecule has 0 saturated carbocycles. The van der Waals surface area contributed by atoms with Gasteiger partial charge in [-0.3, -0.25) is 4.79 Å². The van der Waals surface area contributed by atoms with E-state index >= 15 is 0 Å². The summed E-state index contributed by atoms with van der Waals surface area (Å²) in [7, 11) is 0. The van der Waals surface area contributed by atoms with Gasteiger partial charge in [-0.2, -0.15) is 0 Å². The molecule has 1 amide bonds. The van der Waals surface area contributed by atoms with E-state index in [1.807, 2.05) is 30.3 Å². The fraction of sp³-hybridized carbons (Fsp3) is 0.316. The first-order valence-corrected chi connectivity index (χ1v) is 8.22. The second kappa shape index (κ2) is 6.97. The zero-order valence-corrected chi connectivity index (χ0v) is 13.3. The van der Waals surface area contributed by atoms with Gasteiger partial charge < -0.3 is 5.32 Å². The van der Waals surface area contributed by atoms with Crippen LogP contribution in [0.4, 0.5) is 0 Å². The average Bonchev–Trinajstić information content (AvgIpc) is 2.54. The number of nitrogens with one attached hydrogen (secondary N) is 1. The molecule has 1 N–H and O–H groups in total. The van der Waals surface area contributed by atoms with Crippen molar-refractivity contribution >= 4 is 17.5 Å². The van der Waals surface area contributed by atoms with E-state index in [2.05, 4.69) is 23.5 Å². The van der Waals surface area contributed by atoms with E-state index < -0.39 is 0 Å². The Morgan fingerprint density at radius 1 is 1.14 bits per heavy atom. The molecule has 1 unspecified atom stereocenters. The Labute approximate surface area is 136 Å². The minimum absolute atomic E-state index is 0.0987. The van der Waals surface area contributed by atoms with Crippen molar-refractivity contribution in [1.82, 2.24) is 5.32 Å². The number of carbonyl (C=O) groups excluding carboxylic acids is 1. The van der Waals surface area contributed by atoms with Crippen LogP contribution < -0.4 is 5.32 Å². The Morgan fingerprint density at radius 2 is 1.91 bits per heavy atom. The van der Waals surface area contributed by atoms with Crippen molar-refractivity contribution in [3.05, 3.63) is 70.2 Å². The van der Waals surface area contributed by atoms with Crippen molar-refractivity contribution in [3.63, 3.8) is 0 Å². The molecule has 0 radical (unpaired) electrons. The third kappa shape index (κ3) is 3.50. The van der Waals surface area contributed by atoms with Crippen LogP contribution >= 0.6 is 11.6 Å². The molecule has 0 spiro atoms. The molecule has 2 aromatic rings. The highest BCUT2D eigenvalue weighted by molar-refractivity contribution is 6.31. The molecular formula is C19H20ClNO. The van der Waals surface area contributed by atoms with Gasteiger partial charge in [-0.25, -0.2) is 0 Å². The smallest absolute Gasteiger partial charge is 0.220 e. The third-order valence-corrected chi connectivity index (χ3v) is 4.65. The van der Waals surface area contributed by atoms with Crippen LogP contribution in [0.3, 0.4) is 0 Å². The SMILES string of the molecule is O=C(CCc1ccccc1Cl)NC1CCCc2ccccc21. The van der Waals surface area contributed by atoms with E-state index in [1.165, 1.54) is 11.1 Å². The van der Waals surface area contributed by atoms with Gasteiger partial charge >= 0.3 is 0 Å². The Balaban J connectivity index is 1.60. The number of amides is 1. The number of carbonyl (C=O) groups is 1. The fourth-order valence-corrected chi connectivity index (χ4v) is 3.35. The van der Waals surface area contributed by atoms with Gasteiger partial charge in [0.1, 0.15) is 0 Å². The molecule has 3 heteroatoms. The van der Waals surface area contributed by atoms with E-state index in [9.17, 15) is 4.79 Å². The van der Waals surface area contributed by atoms with E-state index in [0.717, 1.165) is 29.8 Å². The molecule has 0 aliphatic heterocycles. The van der Waals surface area contributed by atoms with Gasteiger partial charge in [-0.1, -0.05) is 54.1 Å². The molecule has 2 aromatic carbocycles. The first kappa shape index (κ1) is 15.1. The summed E-state index contributed by atoms with van der Waals surface area (Å²) in [4.78, 5) is 12.3. The molecule has 3 rings (SSSR count). The van der Waals surface area contributed by atoms with E-state index in [-0.39, 0.29) is 11.9 Å². The number of hydrogen-bond donors (Lipinski definition) is 1. The van der Waals surface area contributed by atoms with Crippen LogP contribution in [0.1, 0.15) is 42.0 Å². The number of halogens is 1. The van der Waals surface area contributed by atoms with Gasteiger partial charge in [0.2, 0.25) is 5.91 Å². The summed E-state index contributed by atoms with van der Waals surface area (Å²) in [6, 6.07) is 16.3. The van der Waals surface area contributed by atoms with Crippen molar-refractivity contribution in [2.75, 3.05) is 0 Å². The number of benzene rings is 2.